The summed E-state index contributed by atoms with van der Waals surface area (Å²) in [5, 5.41) is 12.2. The van der Waals surface area contributed by atoms with Crippen LogP contribution in [0.1, 0.15) is 17.2 Å². The van der Waals surface area contributed by atoms with Crippen molar-refractivity contribution < 1.29 is 4.39 Å². The molecular formula is C15H13FN2. The van der Waals surface area contributed by atoms with Crippen molar-refractivity contribution in [3.63, 3.8) is 0 Å². The molecule has 2 rings (SSSR count). The van der Waals surface area contributed by atoms with Crippen LogP contribution in [0.2, 0.25) is 0 Å². The van der Waals surface area contributed by atoms with Gasteiger partial charge < -0.3 is 5.32 Å². The summed E-state index contributed by atoms with van der Waals surface area (Å²) in [6, 6.07) is 15.3. The monoisotopic (exact) mass is 240 g/mol. The van der Waals surface area contributed by atoms with Gasteiger partial charge in [0.15, 0.2) is 0 Å². The van der Waals surface area contributed by atoms with Crippen LogP contribution in [0.4, 0.5) is 10.1 Å². The van der Waals surface area contributed by atoms with Crippen LogP contribution in [-0.2, 0) is 0 Å². The molecule has 0 aliphatic carbocycles. The minimum Gasteiger partial charge on any atom is -0.366 e. The largest absolute Gasteiger partial charge is 0.366 e. The lowest BCUT2D eigenvalue weighted by molar-refractivity contribution is 0.607. The molecular weight excluding hydrogens is 227 g/mol. The van der Waals surface area contributed by atoms with E-state index in [0.29, 0.717) is 5.56 Å². The van der Waals surface area contributed by atoms with Crippen molar-refractivity contribution in [1.82, 2.24) is 0 Å². The molecule has 2 aromatic carbocycles. The lowest BCUT2D eigenvalue weighted by atomic mass is 10.1. The van der Waals surface area contributed by atoms with Gasteiger partial charge in [0, 0.05) is 11.3 Å². The summed E-state index contributed by atoms with van der Waals surface area (Å²) >= 11 is 0. The van der Waals surface area contributed by atoms with E-state index in [9.17, 15) is 4.39 Å². The summed E-state index contributed by atoms with van der Waals surface area (Å²) in [4.78, 5) is 0. The van der Waals surface area contributed by atoms with E-state index in [-0.39, 0.29) is 5.82 Å². The molecule has 0 saturated carbocycles. The Hall–Kier alpha value is -2.34. The lowest BCUT2D eigenvalue weighted by Crippen LogP contribution is -2.10. The first-order valence-corrected chi connectivity index (χ1v) is 5.68. The fourth-order valence-electron chi connectivity index (χ4n) is 1.71. The molecule has 1 N–H and O–H groups in total. The molecule has 1 atom stereocenters. The standard InChI is InChI=1S/C15H13FN2/c1-11-6-8-12(9-7-11)18-15(10-17)13-4-2-3-5-14(13)16/h2-9,15,18H,1H3. The SMILES string of the molecule is Cc1ccc(NC(C#N)c2ccccc2F)cc1. The molecule has 2 aromatic rings. The molecule has 0 spiro atoms. The molecule has 0 radical (unpaired) electrons. The summed E-state index contributed by atoms with van der Waals surface area (Å²) in [6.07, 6.45) is 0. The topological polar surface area (TPSA) is 35.8 Å². The zero-order chi connectivity index (χ0) is 13.0. The van der Waals surface area contributed by atoms with Crippen LogP contribution in [0.25, 0.3) is 0 Å². The van der Waals surface area contributed by atoms with E-state index in [1.165, 1.54) is 6.07 Å². The van der Waals surface area contributed by atoms with Gasteiger partial charge in [-0.2, -0.15) is 5.26 Å². The highest BCUT2D eigenvalue weighted by Crippen LogP contribution is 2.21. The Morgan fingerprint density at radius 2 is 1.78 bits per heavy atom. The Bertz CT molecular complexity index is 570. The number of nitrogens with zero attached hydrogens (tertiary/aromatic N) is 1. The minimum absolute atomic E-state index is 0.362. The Morgan fingerprint density at radius 1 is 1.11 bits per heavy atom. The second-order valence-corrected chi connectivity index (χ2v) is 4.09. The third kappa shape index (κ3) is 2.67. The maximum Gasteiger partial charge on any atom is 0.143 e. The average Bonchev–Trinajstić information content (AvgIpc) is 2.39. The fourth-order valence-corrected chi connectivity index (χ4v) is 1.71. The summed E-state index contributed by atoms with van der Waals surface area (Å²) in [6.45, 7) is 1.99. The summed E-state index contributed by atoms with van der Waals surface area (Å²) in [7, 11) is 0. The predicted molar refractivity (Wildman–Crippen MR) is 69.6 cm³/mol. The van der Waals surface area contributed by atoms with Gasteiger partial charge >= 0.3 is 0 Å². The highest BCUT2D eigenvalue weighted by atomic mass is 19.1. The van der Waals surface area contributed by atoms with E-state index >= 15 is 0 Å². The number of rotatable bonds is 3. The van der Waals surface area contributed by atoms with E-state index in [0.717, 1.165) is 11.3 Å². The lowest BCUT2D eigenvalue weighted by Gasteiger charge is -2.14. The van der Waals surface area contributed by atoms with E-state index in [1.807, 2.05) is 31.2 Å². The molecule has 0 aliphatic heterocycles. The van der Waals surface area contributed by atoms with Gasteiger partial charge in [-0.25, -0.2) is 4.39 Å². The molecule has 0 bridgehead atoms. The second-order valence-electron chi connectivity index (χ2n) is 4.09. The van der Waals surface area contributed by atoms with Gasteiger partial charge in [-0.05, 0) is 25.1 Å². The van der Waals surface area contributed by atoms with E-state index in [2.05, 4.69) is 11.4 Å². The van der Waals surface area contributed by atoms with Gasteiger partial charge in [0.2, 0.25) is 0 Å². The molecule has 0 fully saturated rings. The summed E-state index contributed by atoms with van der Waals surface area (Å²) in [5.74, 6) is -0.372. The van der Waals surface area contributed by atoms with E-state index in [4.69, 9.17) is 5.26 Å². The van der Waals surface area contributed by atoms with Crippen molar-refractivity contribution in [2.75, 3.05) is 5.32 Å². The number of halogens is 1. The Balaban J connectivity index is 2.23. The van der Waals surface area contributed by atoms with Crippen LogP contribution in [0.15, 0.2) is 48.5 Å². The summed E-state index contributed by atoms with van der Waals surface area (Å²) < 4.78 is 13.6. The molecule has 90 valence electrons. The third-order valence-corrected chi connectivity index (χ3v) is 2.71. The Morgan fingerprint density at radius 3 is 2.39 bits per heavy atom. The first-order chi connectivity index (χ1) is 8.70. The molecule has 0 amide bonds. The van der Waals surface area contributed by atoms with Crippen LogP contribution in [0.3, 0.4) is 0 Å². The van der Waals surface area contributed by atoms with Crippen molar-refractivity contribution in [1.29, 1.82) is 5.26 Å². The fraction of sp³-hybridized carbons (Fsp3) is 0.133. The van der Waals surface area contributed by atoms with Crippen LogP contribution >= 0.6 is 0 Å². The molecule has 18 heavy (non-hydrogen) atoms. The number of anilines is 1. The van der Waals surface area contributed by atoms with Crippen LogP contribution in [0, 0.1) is 24.1 Å². The van der Waals surface area contributed by atoms with Crippen molar-refractivity contribution in [3.8, 4) is 6.07 Å². The first kappa shape index (κ1) is 12.1. The van der Waals surface area contributed by atoms with Gasteiger partial charge in [-0.1, -0.05) is 35.9 Å². The number of aryl methyl sites for hydroxylation is 1. The van der Waals surface area contributed by atoms with Crippen molar-refractivity contribution in [3.05, 3.63) is 65.5 Å². The van der Waals surface area contributed by atoms with Gasteiger partial charge in [-0.15, -0.1) is 0 Å². The van der Waals surface area contributed by atoms with Gasteiger partial charge in [0.25, 0.3) is 0 Å². The van der Waals surface area contributed by atoms with Crippen molar-refractivity contribution >= 4 is 5.69 Å². The Labute approximate surface area is 106 Å². The predicted octanol–water partition coefficient (Wildman–Crippen LogP) is 3.81. The number of benzene rings is 2. The Kier molecular flexibility index (Phi) is 3.59. The normalized spacial score (nSPS) is 11.6. The minimum atomic E-state index is -0.686. The molecule has 0 heterocycles. The third-order valence-electron chi connectivity index (χ3n) is 2.71. The van der Waals surface area contributed by atoms with Crippen LogP contribution in [0.5, 0.6) is 0 Å². The molecule has 2 nitrogen and oxygen atoms in total. The maximum atomic E-state index is 13.6. The van der Waals surface area contributed by atoms with Crippen LogP contribution in [-0.4, -0.2) is 0 Å². The van der Waals surface area contributed by atoms with Gasteiger partial charge in [0.05, 0.1) is 6.07 Å². The van der Waals surface area contributed by atoms with Gasteiger partial charge in [0.1, 0.15) is 11.9 Å². The molecule has 1 unspecified atom stereocenters. The second kappa shape index (κ2) is 5.33. The van der Waals surface area contributed by atoms with Gasteiger partial charge in [-0.3, -0.25) is 0 Å². The number of nitrogens with one attached hydrogen (secondary N) is 1. The highest BCUT2D eigenvalue weighted by Gasteiger charge is 2.14. The molecule has 0 aromatic heterocycles. The number of nitriles is 1. The quantitative estimate of drug-likeness (QED) is 0.885. The molecule has 3 heteroatoms. The maximum absolute atomic E-state index is 13.6. The average molecular weight is 240 g/mol. The number of hydrogen-bond donors (Lipinski definition) is 1. The smallest absolute Gasteiger partial charge is 0.143 e. The van der Waals surface area contributed by atoms with Crippen LogP contribution < -0.4 is 5.32 Å². The first-order valence-electron chi connectivity index (χ1n) is 5.68. The molecule has 0 saturated heterocycles. The summed E-state index contributed by atoms with van der Waals surface area (Å²) in [5.41, 5.74) is 2.30. The van der Waals surface area contributed by atoms with E-state index in [1.54, 1.807) is 18.2 Å². The van der Waals surface area contributed by atoms with Crippen molar-refractivity contribution in [2.45, 2.75) is 13.0 Å². The van der Waals surface area contributed by atoms with Crippen molar-refractivity contribution in [2.24, 2.45) is 0 Å². The zero-order valence-corrected chi connectivity index (χ0v) is 10.0. The highest BCUT2D eigenvalue weighted by molar-refractivity contribution is 5.48. The molecule has 0 aliphatic rings. The van der Waals surface area contributed by atoms with E-state index < -0.39 is 6.04 Å². The number of hydrogen-bond acceptors (Lipinski definition) is 2. The zero-order valence-electron chi connectivity index (χ0n) is 10.0.